The molecule has 0 saturated heterocycles. The first-order valence-corrected chi connectivity index (χ1v) is 5.24. The molecule has 0 radical (unpaired) electrons. The summed E-state index contributed by atoms with van der Waals surface area (Å²) in [4.78, 5) is 4.23. The van der Waals surface area contributed by atoms with Crippen molar-refractivity contribution in [1.82, 2.24) is 9.55 Å². The van der Waals surface area contributed by atoms with Crippen LogP contribution in [0.15, 0.2) is 36.7 Å². The van der Waals surface area contributed by atoms with Crippen molar-refractivity contribution in [3.63, 3.8) is 0 Å². The van der Waals surface area contributed by atoms with Gasteiger partial charge in [0.15, 0.2) is 0 Å². The maximum Gasteiger partial charge on any atom is 0.123 e. The molecule has 4 heteroatoms. The smallest absolute Gasteiger partial charge is 0.123 e. The highest BCUT2D eigenvalue weighted by molar-refractivity contribution is 5.17. The summed E-state index contributed by atoms with van der Waals surface area (Å²) in [7, 11) is 0. The van der Waals surface area contributed by atoms with Gasteiger partial charge in [-0.05, 0) is 24.2 Å². The zero-order valence-corrected chi connectivity index (χ0v) is 8.94. The minimum Gasteiger partial charge on any atom is -0.330 e. The highest BCUT2D eigenvalue weighted by atomic mass is 19.1. The number of halogens is 1. The van der Waals surface area contributed by atoms with E-state index in [1.54, 1.807) is 18.3 Å². The molecule has 0 amide bonds. The molecule has 0 spiro atoms. The van der Waals surface area contributed by atoms with E-state index >= 15 is 0 Å². The maximum atomic E-state index is 12.7. The minimum absolute atomic E-state index is 0.212. The SMILES string of the molecule is NCCc1nccn1Cc1ccc(F)cc1. The topological polar surface area (TPSA) is 43.8 Å². The zero-order valence-electron chi connectivity index (χ0n) is 8.94. The van der Waals surface area contributed by atoms with E-state index in [2.05, 4.69) is 4.98 Å². The summed E-state index contributed by atoms with van der Waals surface area (Å²) in [6.45, 7) is 1.29. The first-order valence-electron chi connectivity index (χ1n) is 5.24. The van der Waals surface area contributed by atoms with E-state index in [1.807, 2.05) is 10.8 Å². The number of hydrogen-bond acceptors (Lipinski definition) is 2. The lowest BCUT2D eigenvalue weighted by atomic mass is 10.2. The molecule has 0 aliphatic carbocycles. The Bertz CT molecular complexity index is 448. The Morgan fingerprint density at radius 3 is 2.69 bits per heavy atom. The lowest BCUT2D eigenvalue weighted by Crippen LogP contribution is -2.10. The van der Waals surface area contributed by atoms with Gasteiger partial charge in [-0.1, -0.05) is 12.1 Å². The molecule has 84 valence electrons. The van der Waals surface area contributed by atoms with Gasteiger partial charge in [-0.2, -0.15) is 0 Å². The van der Waals surface area contributed by atoms with E-state index in [4.69, 9.17) is 5.73 Å². The minimum atomic E-state index is -0.212. The molecule has 0 bridgehead atoms. The molecule has 1 aromatic carbocycles. The van der Waals surface area contributed by atoms with Crippen LogP contribution in [0.3, 0.4) is 0 Å². The van der Waals surface area contributed by atoms with Crippen molar-refractivity contribution >= 4 is 0 Å². The van der Waals surface area contributed by atoms with Gasteiger partial charge in [-0.25, -0.2) is 9.37 Å². The second-order valence-corrected chi connectivity index (χ2v) is 3.64. The van der Waals surface area contributed by atoms with Crippen molar-refractivity contribution in [2.24, 2.45) is 5.73 Å². The van der Waals surface area contributed by atoms with Crippen molar-refractivity contribution in [1.29, 1.82) is 0 Å². The number of nitrogens with zero attached hydrogens (tertiary/aromatic N) is 2. The molecule has 16 heavy (non-hydrogen) atoms. The molecule has 2 rings (SSSR count). The largest absolute Gasteiger partial charge is 0.330 e. The highest BCUT2D eigenvalue weighted by Crippen LogP contribution is 2.07. The van der Waals surface area contributed by atoms with Crippen LogP contribution in [0.5, 0.6) is 0 Å². The first kappa shape index (κ1) is 10.8. The Morgan fingerprint density at radius 2 is 2.00 bits per heavy atom. The van der Waals surface area contributed by atoms with Gasteiger partial charge in [0.05, 0.1) is 0 Å². The second-order valence-electron chi connectivity index (χ2n) is 3.64. The van der Waals surface area contributed by atoms with Crippen molar-refractivity contribution in [3.05, 3.63) is 53.9 Å². The van der Waals surface area contributed by atoms with Crippen LogP contribution in [-0.4, -0.2) is 16.1 Å². The lowest BCUT2D eigenvalue weighted by Gasteiger charge is -2.07. The van der Waals surface area contributed by atoms with Crippen LogP contribution < -0.4 is 5.73 Å². The van der Waals surface area contributed by atoms with Gasteiger partial charge >= 0.3 is 0 Å². The van der Waals surface area contributed by atoms with Gasteiger partial charge in [0.1, 0.15) is 11.6 Å². The number of aromatic nitrogens is 2. The number of rotatable bonds is 4. The molecule has 0 saturated carbocycles. The summed E-state index contributed by atoms with van der Waals surface area (Å²) in [5.74, 6) is 0.753. The molecule has 1 heterocycles. The molecule has 2 aromatic rings. The molecular formula is C12H14FN3. The Hall–Kier alpha value is -1.68. The first-order chi connectivity index (χ1) is 7.79. The average molecular weight is 219 g/mol. The molecule has 0 unspecified atom stereocenters. The summed E-state index contributed by atoms with van der Waals surface area (Å²) in [5.41, 5.74) is 6.55. The third kappa shape index (κ3) is 2.46. The zero-order chi connectivity index (χ0) is 11.4. The third-order valence-corrected chi connectivity index (χ3v) is 2.44. The second kappa shape index (κ2) is 4.90. The van der Waals surface area contributed by atoms with Crippen LogP contribution in [0.4, 0.5) is 4.39 Å². The van der Waals surface area contributed by atoms with E-state index in [9.17, 15) is 4.39 Å². The fourth-order valence-electron chi connectivity index (χ4n) is 1.63. The van der Waals surface area contributed by atoms with Crippen LogP contribution in [0.2, 0.25) is 0 Å². The van der Waals surface area contributed by atoms with E-state index in [1.165, 1.54) is 12.1 Å². The standard InChI is InChI=1S/C12H14FN3/c13-11-3-1-10(2-4-11)9-16-8-7-15-12(16)5-6-14/h1-4,7-8H,5-6,9,14H2. The van der Waals surface area contributed by atoms with Crippen molar-refractivity contribution in [2.45, 2.75) is 13.0 Å². The normalized spacial score (nSPS) is 10.6. The summed E-state index contributed by atoms with van der Waals surface area (Å²) in [5, 5.41) is 0. The molecule has 3 nitrogen and oxygen atoms in total. The highest BCUT2D eigenvalue weighted by Gasteiger charge is 2.02. The van der Waals surface area contributed by atoms with Crippen LogP contribution in [0, 0.1) is 5.82 Å². The van der Waals surface area contributed by atoms with Crippen molar-refractivity contribution in [2.75, 3.05) is 6.54 Å². The molecule has 1 aromatic heterocycles. The van der Waals surface area contributed by atoms with E-state index in [0.717, 1.165) is 17.8 Å². The van der Waals surface area contributed by atoms with Crippen LogP contribution >= 0.6 is 0 Å². The van der Waals surface area contributed by atoms with E-state index in [-0.39, 0.29) is 5.82 Å². The fourth-order valence-corrected chi connectivity index (χ4v) is 1.63. The molecule has 0 aliphatic rings. The van der Waals surface area contributed by atoms with Crippen LogP contribution in [0.25, 0.3) is 0 Å². The quantitative estimate of drug-likeness (QED) is 0.848. The number of benzene rings is 1. The maximum absolute atomic E-state index is 12.7. The lowest BCUT2D eigenvalue weighted by molar-refractivity contribution is 0.625. The van der Waals surface area contributed by atoms with E-state index in [0.29, 0.717) is 13.1 Å². The van der Waals surface area contributed by atoms with Gasteiger partial charge in [-0.3, -0.25) is 0 Å². The summed E-state index contributed by atoms with van der Waals surface area (Å²) < 4.78 is 14.8. The molecule has 0 atom stereocenters. The monoisotopic (exact) mass is 219 g/mol. The number of hydrogen-bond donors (Lipinski definition) is 1. The Labute approximate surface area is 93.7 Å². The molecule has 2 N–H and O–H groups in total. The van der Waals surface area contributed by atoms with Crippen LogP contribution in [-0.2, 0) is 13.0 Å². The van der Waals surface area contributed by atoms with Gasteiger partial charge in [0.2, 0.25) is 0 Å². The molecule has 0 aliphatic heterocycles. The van der Waals surface area contributed by atoms with Gasteiger partial charge in [0, 0.05) is 25.4 Å². The average Bonchev–Trinajstić information content (AvgIpc) is 2.70. The van der Waals surface area contributed by atoms with E-state index < -0.39 is 0 Å². The van der Waals surface area contributed by atoms with Gasteiger partial charge in [0.25, 0.3) is 0 Å². The van der Waals surface area contributed by atoms with Gasteiger partial charge in [-0.15, -0.1) is 0 Å². The Morgan fingerprint density at radius 1 is 1.25 bits per heavy atom. The van der Waals surface area contributed by atoms with Crippen molar-refractivity contribution in [3.8, 4) is 0 Å². The molecule has 0 fully saturated rings. The number of imidazole rings is 1. The number of nitrogens with two attached hydrogens (primary N) is 1. The third-order valence-electron chi connectivity index (χ3n) is 2.44. The van der Waals surface area contributed by atoms with Gasteiger partial charge < -0.3 is 10.3 Å². The predicted octanol–water partition coefficient (Wildman–Crippen LogP) is 1.57. The Kier molecular flexibility index (Phi) is 3.31. The van der Waals surface area contributed by atoms with Crippen LogP contribution in [0.1, 0.15) is 11.4 Å². The Balaban J connectivity index is 2.13. The molecular weight excluding hydrogens is 205 g/mol. The summed E-state index contributed by atoms with van der Waals surface area (Å²) >= 11 is 0. The van der Waals surface area contributed by atoms with Crippen molar-refractivity contribution < 1.29 is 4.39 Å². The summed E-state index contributed by atoms with van der Waals surface area (Å²) in [6, 6.07) is 6.49. The summed E-state index contributed by atoms with van der Waals surface area (Å²) in [6.07, 6.45) is 4.43. The fraction of sp³-hybridized carbons (Fsp3) is 0.250. The predicted molar refractivity (Wildman–Crippen MR) is 60.5 cm³/mol.